The lowest BCUT2D eigenvalue weighted by Gasteiger charge is -2.04. The summed E-state index contributed by atoms with van der Waals surface area (Å²) in [6.07, 6.45) is 4.07. The Morgan fingerprint density at radius 2 is 2.00 bits per heavy atom. The summed E-state index contributed by atoms with van der Waals surface area (Å²) < 4.78 is 15.4. The van der Waals surface area contributed by atoms with E-state index in [0.29, 0.717) is 16.8 Å². The van der Waals surface area contributed by atoms with Crippen molar-refractivity contribution in [3.63, 3.8) is 0 Å². The third-order valence-electron chi connectivity index (χ3n) is 2.80. The van der Waals surface area contributed by atoms with E-state index >= 15 is 0 Å². The molecule has 5 nitrogen and oxygen atoms in total. The summed E-state index contributed by atoms with van der Waals surface area (Å²) in [6, 6.07) is 10.0. The summed E-state index contributed by atoms with van der Waals surface area (Å²) in [4.78, 5) is 7.15. The molecule has 0 aliphatic carbocycles. The number of aromatic nitrogens is 4. The van der Waals surface area contributed by atoms with Crippen LogP contribution in [0, 0.1) is 6.08 Å². The monoisotopic (exact) mass is 347 g/mol. The molecule has 0 spiro atoms. The fourth-order valence-electron chi connectivity index (χ4n) is 1.86. The quantitative estimate of drug-likeness (QED) is 0.735. The zero-order chi connectivity index (χ0) is 14.7. The van der Waals surface area contributed by atoms with Gasteiger partial charge in [-0.1, -0.05) is 30.3 Å². The predicted octanol–water partition coefficient (Wildman–Crippen LogP) is 3.37. The van der Waals surface area contributed by atoms with Crippen LogP contribution in [0.2, 0.25) is 0 Å². The van der Waals surface area contributed by atoms with Gasteiger partial charge in [-0.25, -0.2) is 4.98 Å². The van der Waals surface area contributed by atoms with Gasteiger partial charge in [0.1, 0.15) is 0 Å². The molecule has 106 valence electrons. The molecule has 0 fully saturated rings. The Balaban J connectivity index is 1.75. The molecular weight excluding hydrogens is 337 g/mol. The number of nitrogens with one attached hydrogen (secondary N) is 1. The van der Waals surface area contributed by atoms with E-state index in [-0.39, 0.29) is 0 Å². The van der Waals surface area contributed by atoms with Crippen LogP contribution in [0.25, 0.3) is 0 Å². The Bertz CT molecular complexity index is 744. The Hall–Kier alpha value is -2.28. The fraction of sp³-hybridized carbons (Fsp3) is 0.0714. The van der Waals surface area contributed by atoms with Gasteiger partial charge >= 0.3 is 6.08 Å². The van der Waals surface area contributed by atoms with Crippen molar-refractivity contribution in [2.75, 3.05) is 5.32 Å². The molecule has 2 heterocycles. The van der Waals surface area contributed by atoms with Crippen LogP contribution in [-0.4, -0.2) is 19.7 Å². The first-order valence-corrected chi connectivity index (χ1v) is 7.01. The summed E-state index contributed by atoms with van der Waals surface area (Å²) in [5.41, 5.74) is 1.88. The Morgan fingerprint density at radius 3 is 2.81 bits per heavy atom. The van der Waals surface area contributed by atoms with E-state index in [1.165, 1.54) is 6.20 Å². The first-order valence-electron chi connectivity index (χ1n) is 6.22. The van der Waals surface area contributed by atoms with Crippen LogP contribution in [0.4, 0.5) is 15.9 Å². The Kier molecular flexibility index (Phi) is 3.92. The number of rotatable bonds is 4. The van der Waals surface area contributed by atoms with Gasteiger partial charge in [0.05, 0.1) is 22.9 Å². The molecule has 0 bridgehead atoms. The van der Waals surface area contributed by atoms with Crippen LogP contribution in [0.1, 0.15) is 5.56 Å². The maximum atomic E-state index is 13.0. The molecule has 0 saturated carbocycles. The van der Waals surface area contributed by atoms with Gasteiger partial charge in [0.25, 0.3) is 0 Å². The van der Waals surface area contributed by atoms with E-state index in [1.807, 2.05) is 36.5 Å². The van der Waals surface area contributed by atoms with Crippen LogP contribution in [0.5, 0.6) is 0 Å². The SMILES string of the molecule is Fc1ncc(Br)c(Nc2cnn(Cc3ccccc3)c2)n1. The highest BCUT2D eigenvalue weighted by atomic mass is 79.9. The molecule has 3 aromatic rings. The first-order chi connectivity index (χ1) is 10.2. The molecule has 7 heteroatoms. The lowest BCUT2D eigenvalue weighted by atomic mass is 10.2. The second-order valence-corrected chi connectivity index (χ2v) is 5.23. The van der Waals surface area contributed by atoms with Gasteiger partial charge in [-0.15, -0.1) is 0 Å². The van der Waals surface area contributed by atoms with E-state index in [1.54, 1.807) is 10.9 Å². The molecule has 3 rings (SSSR count). The standard InChI is InChI=1S/C14H11BrFN5/c15-12-7-17-14(16)20-13(12)19-11-6-18-21(9-11)8-10-4-2-1-3-5-10/h1-7,9H,8H2,(H,17,19,20). The van der Waals surface area contributed by atoms with Crippen LogP contribution < -0.4 is 5.32 Å². The highest BCUT2D eigenvalue weighted by Gasteiger charge is 2.06. The van der Waals surface area contributed by atoms with E-state index in [2.05, 4.69) is 36.3 Å². The topological polar surface area (TPSA) is 55.6 Å². The summed E-state index contributed by atoms with van der Waals surface area (Å²) >= 11 is 3.27. The van der Waals surface area contributed by atoms with Crippen molar-refractivity contribution >= 4 is 27.4 Å². The summed E-state index contributed by atoms with van der Waals surface area (Å²) in [6.45, 7) is 0.668. The average molecular weight is 348 g/mol. The molecule has 0 amide bonds. The molecule has 2 aromatic heterocycles. The second kappa shape index (κ2) is 6.01. The maximum Gasteiger partial charge on any atom is 0.310 e. The molecule has 0 unspecified atom stereocenters. The summed E-state index contributed by atoms with van der Waals surface area (Å²) in [5, 5.41) is 7.26. The van der Waals surface area contributed by atoms with Crippen molar-refractivity contribution in [1.29, 1.82) is 0 Å². The minimum atomic E-state index is -0.780. The average Bonchev–Trinajstić information content (AvgIpc) is 2.91. The van der Waals surface area contributed by atoms with E-state index in [0.717, 1.165) is 11.3 Å². The fourth-order valence-corrected chi connectivity index (χ4v) is 2.15. The summed E-state index contributed by atoms with van der Waals surface area (Å²) in [5.74, 6) is 0.363. The molecule has 1 N–H and O–H groups in total. The van der Waals surface area contributed by atoms with Gasteiger partial charge in [-0.05, 0) is 21.5 Å². The van der Waals surface area contributed by atoms with Gasteiger partial charge in [0, 0.05) is 12.4 Å². The minimum Gasteiger partial charge on any atom is -0.337 e. The summed E-state index contributed by atoms with van der Waals surface area (Å²) in [7, 11) is 0. The highest BCUT2D eigenvalue weighted by Crippen LogP contribution is 2.22. The van der Waals surface area contributed by atoms with Gasteiger partial charge in [-0.2, -0.15) is 14.5 Å². The van der Waals surface area contributed by atoms with E-state index in [9.17, 15) is 4.39 Å². The molecule has 1 aromatic carbocycles. The zero-order valence-electron chi connectivity index (χ0n) is 10.9. The first kappa shape index (κ1) is 13.7. The van der Waals surface area contributed by atoms with Crippen molar-refractivity contribution in [1.82, 2.24) is 19.7 Å². The molecule has 0 aliphatic heterocycles. The zero-order valence-corrected chi connectivity index (χ0v) is 12.5. The number of anilines is 2. The van der Waals surface area contributed by atoms with E-state index < -0.39 is 6.08 Å². The Morgan fingerprint density at radius 1 is 1.19 bits per heavy atom. The van der Waals surface area contributed by atoms with Crippen molar-refractivity contribution in [3.05, 3.63) is 65.0 Å². The van der Waals surface area contributed by atoms with Gasteiger partial charge in [0.15, 0.2) is 5.82 Å². The molecule has 0 radical (unpaired) electrons. The maximum absolute atomic E-state index is 13.0. The predicted molar refractivity (Wildman–Crippen MR) is 80.7 cm³/mol. The third-order valence-corrected chi connectivity index (χ3v) is 3.38. The molecule has 0 atom stereocenters. The van der Waals surface area contributed by atoms with Crippen LogP contribution in [-0.2, 0) is 6.54 Å². The van der Waals surface area contributed by atoms with Gasteiger partial charge < -0.3 is 5.32 Å². The minimum absolute atomic E-state index is 0.363. The van der Waals surface area contributed by atoms with E-state index in [4.69, 9.17) is 0 Å². The van der Waals surface area contributed by atoms with Crippen LogP contribution in [0.3, 0.4) is 0 Å². The number of nitrogens with zero attached hydrogens (tertiary/aromatic N) is 4. The van der Waals surface area contributed by atoms with Crippen molar-refractivity contribution in [2.45, 2.75) is 6.54 Å². The lowest BCUT2D eigenvalue weighted by Crippen LogP contribution is -2.00. The van der Waals surface area contributed by atoms with Crippen LogP contribution >= 0.6 is 15.9 Å². The van der Waals surface area contributed by atoms with Crippen molar-refractivity contribution < 1.29 is 4.39 Å². The van der Waals surface area contributed by atoms with Gasteiger partial charge in [0.2, 0.25) is 0 Å². The number of hydrogen-bond acceptors (Lipinski definition) is 4. The van der Waals surface area contributed by atoms with Crippen molar-refractivity contribution in [2.24, 2.45) is 0 Å². The highest BCUT2D eigenvalue weighted by molar-refractivity contribution is 9.10. The number of hydrogen-bond donors (Lipinski definition) is 1. The molecule has 21 heavy (non-hydrogen) atoms. The number of benzene rings is 1. The third kappa shape index (κ3) is 3.43. The van der Waals surface area contributed by atoms with Gasteiger partial charge in [-0.3, -0.25) is 4.68 Å². The molecular formula is C14H11BrFN5. The molecule has 0 saturated heterocycles. The second-order valence-electron chi connectivity index (χ2n) is 4.37. The lowest BCUT2D eigenvalue weighted by molar-refractivity contribution is 0.540. The van der Waals surface area contributed by atoms with Crippen LogP contribution in [0.15, 0.2) is 53.4 Å². The largest absolute Gasteiger partial charge is 0.337 e. The molecule has 0 aliphatic rings. The number of halogens is 2. The smallest absolute Gasteiger partial charge is 0.310 e. The Labute approximate surface area is 129 Å². The normalized spacial score (nSPS) is 10.6. The van der Waals surface area contributed by atoms with Crippen molar-refractivity contribution in [3.8, 4) is 0 Å².